The van der Waals surface area contributed by atoms with Crippen LogP contribution in [0.15, 0.2) is 77.3 Å². The van der Waals surface area contributed by atoms with Crippen LogP contribution in [-0.2, 0) is 26.2 Å². The van der Waals surface area contributed by atoms with E-state index in [1.165, 1.54) is 0 Å². The molecule has 6 nitrogen and oxygen atoms in total. The molecular weight excluding hydrogens is 490 g/mol. The van der Waals surface area contributed by atoms with Crippen LogP contribution in [0.4, 0.5) is 0 Å². The quantitative estimate of drug-likeness (QED) is 0.249. The molecular formula is C30H28ClNO5. The normalized spacial score (nSPS) is 12.2. The van der Waals surface area contributed by atoms with E-state index in [9.17, 15) is 14.7 Å². The summed E-state index contributed by atoms with van der Waals surface area (Å²) in [6, 6.07) is 22.5. The Hall–Kier alpha value is -3.90. The average molecular weight is 518 g/mol. The van der Waals surface area contributed by atoms with Crippen molar-refractivity contribution in [2.24, 2.45) is 0 Å². The minimum Gasteiger partial charge on any atom is -0.481 e. The fourth-order valence-electron chi connectivity index (χ4n) is 4.09. The Morgan fingerprint density at radius 3 is 2.14 bits per heavy atom. The number of aryl methyl sites for hydroxylation is 1. The van der Waals surface area contributed by atoms with E-state index in [0.29, 0.717) is 22.0 Å². The summed E-state index contributed by atoms with van der Waals surface area (Å²) in [6.07, 6.45) is -0.473. The first-order chi connectivity index (χ1) is 17.6. The summed E-state index contributed by atoms with van der Waals surface area (Å²) in [4.78, 5) is 24.3. The second-order valence-corrected chi connectivity index (χ2v) is 9.90. The molecule has 0 saturated heterocycles. The summed E-state index contributed by atoms with van der Waals surface area (Å²) in [7, 11) is 0. The van der Waals surface area contributed by atoms with Gasteiger partial charge in [-0.25, -0.2) is 0 Å². The molecule has 4 rings (SSSR count). The van der Waals surface area contributed by atoms with Gasteiger partial charge in [-0.05, 0) is 50.5 Å². The maximum absolute atomic E-state index is 12.7. The zero-order valence-corrected chi connectivity index (χ0v) is 21.9. The Morgan fingerprint density at radius 2 is 1.54 bits per heavy atom. The third-order valence-electron chi connectivity index (χ3n) is 6.58. The van der Waals surface area contributed by atoms with Crippen LogP contribution >= 0.6 is 11.6 Å². The molecule has 0 fully saturated rings. The highest BCUT2D eigenvalue weighted by Gasteiger charge is 2.29. The lowest BCUT2D eigenvalue weighted by Crippen LogP contribution is -2.28. The molecule has 0 amide bonds. The van der Waals surface area contributed by atoms with Gasteiger partial charge in [0.25, 0.3) is 0 Å². The Morgan fingerprint density at radius 1 is 0.973 bits per heavy atom. The van der Waals surface area contributed by atoms with Crippen molar-refractivity contribution in [1.29, 1.82) is 0 Å². The van der Waals surface area contributed by atoms with E-state index < -0.39 is 23.5 Å². The van der Waals surface area contributed by atoms with Crippen LogP contribution in [0, 0.1) is 6.92 Å². The minimum atomic E-state index is -0.963. The van der Waals surface area contributed by atoms with Crippen molar-refractivity contribution in [2.75, 3.05) is 0 Å². The fraction of sp³-hybridized carbons (Fsp3) is 0.233. The number of halogens is 1. The van der Waals surface area contributed by atoms with Crippen LogP contribution in [-0.4, -0.2) is 22.2 Å². The summed E-state index contributed by atoms with van der Waals surface area (Å²) in [5, 5.41) is 14.1. The fourth-order valence-corrected chi connectivity index (χ4v) is 4.38. The SMILES string of the molecule is Cc1noc(-c2ccc(-c3ccc(C(C)(C)C(=O)O)cc3)cc2)c1CC(=O)O[C@H](C)c1ccccc1Cl. The number of ether oxygens (including phenoxy) is 1. The second-order valence-electron chi connectivity index (χ2n) is 9.49. The van der Waals surface area contributed by atoms with E-state index in [1.807, 2.05) is 66.7 Å². The third kappa shape index (κ3) is 5.59. The smallest absolute Gasteiger partial charge is 0.313 e. The van der Waals surface area contributed by atoms with Gasteiger partial charge in [0.2, 0.25) is 0 Å². The van der Waals surface area contributed by atoms with E-state index in [1.54, 1.807) is 33.8 Å². The van der Waals surface area contributed by atoms with Gasteiger partial charge >= 0.3 is 11.9 Å². The van der Waals surface area contributed by atoms with E-state index in [2.05, 4.69) is 5.16 Å². The summed E-state index contributed by atoms with van der Waals surface area (Å²) < 4.78 is 11.2. The zero-order chi connectivity index (χ0) is 26.7. The van der Waals surface area contributed by atoms with Crippen LogP contribution in [0.3, 0.4) is 0 Å². The van der Waals surface area contributed by atoms with Crippen molar-refractivity contribution in [1.82, 2.24) is 5.16 Å². The monoisotopic (exact) mass is 517 g/mol. The van der Waals surface area contributed by atoms with Crippen molar-refractivity contribution >= 4 is 23.5 Å². The molecule has 1 N–H and O–H groups in total. The van der Waals surface area contributed by atoms with Gasteiger partial charge in [-0.3, -0.25) is 9.59 Å². The maximum Gasteiger partial charge on any atom is 0.313 e. The molecule has 0 aliphatic rings. The molecule has 0 spiro atoms. The van der Waals surface area contributed by atoms with Crippen LogP contribution in [0.5, 0.6) is 0 Å². The van der Waals surface area contributed by atoms with Gasteiger partial charge in [-0.1, -0.05) is 83.5 Å². The van der Waals surface area contributed by atoms with Crippen molar-refractivity contribution < 1.29 is 24.0 Å². The first-order valence-electron chi connectivity index (χ1n) is 11.9. The number of carbonyl (C=O) groups is 2. The van der Waals surface area contributed by atoms with Gasteiger partial charge in [-0.15, -0.1) is 0 Å². The Kier molecular flexibility index (Phi) is 7.50. The molecule has 0 aliphatic heterocycles. The van der Waals surface area contributed by atoms with E-state index in [-0.39, 0.29) is 6.42 Å². The Balaban J connectivity index is 1.50. The first kappa shape index (κ1) is 26.2. The van der Waals surface area contributed by atoms with Crippen molar-refractivity contribution in [3.8, 4) is 22.5 Å². The van der Waals surface area contributed by atoms with Crippen molar-refractivity contribution in [3.63, 3.8) is 0 Å². The Labute approximate surface area is 220 Å². The lowest BCUT2D eigenvalue weighted by Gasteiger charge is -2.19. The van der Waals surface area contributed by atoms with E-state index >= 15 is 0 Å². The summed E-state index contributed by atoms with van der Waals surface area (Å²) >= 11 is 6.23. The number of hydrogen-bond acceptors (Lipinski definition) is 5. The molecule has 0 aliphatic carbocycles. The number of carboxylic acid groups (broad SMARTS) is 1. The number of benzene rings is 3. The van der Waals surface area contributed by atoms with Gasteiger partial charge in [0.15, 0.2) is 5.76 Å². The van der Waals surface area contributed by atoms with Gasteiger partial charge < -0.3 is 14.4 Å². The van der Waals surface area contributed by atoms with E-state index in [4.69, 9.17) is 20.9 Å². The molecule has 3 aromatic carbocycles. The molecule has 190 valence electrons. The lowest BCUT2D eigenvalue weighted by molar-refractivity contribution is -0.147. The second kappa shape index (κ2) is 10.6. The topological polar surface area (TPSA) is 89.6 Å². The van der Waals surface area contributed by atoms with Gasteiger partial charge in [0, 0.05) is 21.7 Å². The molecule has 37 heavy (non-hydrogen) atoms. The molecule has 0 saturated carbocycles. The van der Waals surface area contributed by atoms with Gasteiger partial charge in [0.1, 0.15) is 6.10 Å². The molecule has 4 aromatic rings. The Bertz CT molecular complexity index is 1420. The number of esters is 1. The molecule has 0 radical (unpaired) electrons. The molecule has 1 aromatic heterocycles. The molecule has 1 heterocycles. The number of carboxylic acids is 1. The number of aromatic nitrogens is 1. The minimum absolute atomic E-state index is 0.0159. The molecule has 7 heteroatoms. The standard InChI is InChI=1S/C30H28ClNO5/c1-18-25(17-27(33)36-19(2)24-7-5-6-8-26(24)31)28(37-32-18)22-11-9-20(10-12-22)21-13-15-23(16-14-21)30(3,4)29(34)35/h5-16,19H,17H2,1-4H3,(H,34,35)/t19-/m1/s1. The van der Waals surface area contributed by atoms with Crippen LogP contribution in [0.2, 0.25) is 5.02 Å². The highest BCUT2D eigenvalue weighted by atomic mass is 35.5. The van der Waals surface area contributed by atoms with Gasteiger partial charge in [-0.2, -0.15) is 0 Å². The van der Waals surface area contributed by atoms with Crippen molar-refractivity contribution in [2.45, 2.75) is 45.6 Å². The zero-order valence-electron chi connectivity index (χ0n) is 21.1. The van der Waals surface area contributed by atoms with Crippen LogP contribution in [0.1, 0.15) is 49.3 Å². The predicted molar refractivity (Wildman–Crippen MR) is 142 cm³/mol. The van der Waals surface area contributed by atoms with Crippen LogP contribution in [0.25, 0.3) is 22.5 Å². The number of hydrogen-bond donors (Lipinski definition) is 1. The highest BCUT2D eigenvalue weighted by molar-refractivity contribution is 6.31. The lowest BCUT2D eigenvalue weighted by atomic mass is 9.84. The largest absolute Gasteiger partial charge is 0.481 e. The number of carbonyl (C=O) groups excluding carboxylic acids is 1. The van der Waals surface area contributed by atoms with Crippen molar-refractivity contribution in [3.05, 3.63) is 100 Å². The molecule has 0 unspecified atom stereocenters. The van der Waals surface area contributed by atoms with Crippen LogP contribution < -0.4 is 0 Å². The maximum atomic E-state index is 12.7. The number of rotatable bonds is 8. The predicted octanol–water partition coefficient (Wildman–Crippen LogP) is 7.18. The highest BCUT2D eigenvalue weighted by Crippen LogP contribution is 2.32. The average Bonchev–Trinajstić information content (AvgIpc) is 3.24. The summed E-state index contributed by atoms with van der Waals surface area (Å²) in [5.41, 5.74) is 4.52. The summed E-state index contributed by atoms with van der Waals surface area (Å²) in [6.45, 7) is 6.95. The van der Waals surface area contributed by atoms with Gasteiger partial charge in [0.05, 0.1) is 17.5 Å². The molecule has 1 atom stereocenters. The first-order valence-corrected chi connectivity index (χ1v) is 12.3. The summed E-state index contributed by atoms with van der Waals surface area (Å²) in [5.74, 6) is -0.754. The van der Waals surface area contributed by atoms with E-state index in [0.717, 1.165) is 27.8 Å². The third-order valence-corrected chi connectivity index (χ3v) is 6.92. The number of nitrogens with zero attached hydrogens (tertiary/aromatic N) is 1. The molecule has 0 bridgehead atoms. The number of aliphatic carboxylic acids is 1.